The lowest BCUT2D eigenvalue weighted by Gasteiger charge is -2.07. The fourth-order valence-electron chi connectivity index (χ4n) is 2.72. The van der Waals surface area contributed by atoms with Gasteiger partial charge in [-0.1, -0.05) is 35.9 Å². The number of benzene rings is 1. The Balaban J connectivity index is 1.59. The molecule has 27 heavy (non-hydrogen) atoms. The van der Waals surface area contributed by atoms with Gasteiger partial charge in [-0.3, -0.25) is 9.78 Å². The highest BCUT2D eigenvalue weighted by molar-refractivity contribution is 6.33. The van der Waals surface area contributed by atoms with E-state index in [1.807, 2.05) is 36.4 Å². The van der Waals surface area contributed by atoms with Crippen LogP contribution < -0.4 is 0 Å². The number of hydrogen-bond donors (Lipinski definition) is 1. The normalized spacial score (nSPS) is 10.9. The molecule has 7 heteroatoms. The molecule has 134 valence electrons. The van der Waals surface area contributed by atoms with E-state index in [0.717, 1.165) is 28.0 Å². The Labute approximate surface area is 160 Å². The first-order valence-corrected chi connectivity index (χ1v) is 8.67. The highest BCUT2D eigenvalue weighted by Gasteiger charge is 2.10. The van der Waals surface area contributed by atoms with Crippen molar-refractivity contribution in [2.45, 2.75) is 13.5 Å². The van der Waals surface area contributed by atoms with Crippen molar-refractivity contribution < 1.29 is 9.53 Å². The lowest BCUT2D eigenvalue weighted by Crippen LogP contribution is -1.99. The van der Waals surface area contributed by atoms with E-state index in [-0.39, 0.29) is 12.6 Å². The van der Waals surface area contributed by atoms with Crippen molar-refractivity contribution in [3.63, 3.8) is 0 Å². The van der Waals surface area contributed by atoms with Gasteiger partial charge in [-0.25, -0.2) is 9.97 Å². The molecule has 0 unspecified atom stereocenters. The summed E-state index contributed by atoms with van der Waals surface area (Å²) in [5.74, 6) is 0.414. The van der Waals surface area contributed by atoms with Crippen molar-refractivity contribution in [3.05, 3.63) is 65.4 Å². The molecule has 0 atom stereocenters. The van der Waals surface area contributed by atoms with E-state index < -0.39 is 0 Å². The quantitative estimate of drug-likeness (QED) is 0.532. The number of nitrogens with zero attached hydrogens (tertiary/aromatic N) is 3. The predicted octanol–water partition coefficient (Wildman–Crippen LogP) is 4.40. The number of nitrogens with one attached hydrogen (secondary N) is 1. The predicted molar refractivity (Wildman–Crippen MR) is 103 cm³/mol. The zero-order valence-electron chi connectivity index (χ0n) is 14.4. The molecular weight excluding hydrogens is 364 g/mol. The second-order valence-corrected chi connectivity index (χ2v) is 6.40. The molecule has 0 aliphatic carbocycles. The maximum atomic E-state index is 10.9. The second kappa shape index (κ2) is 7.17. The van der Waals surface area contributed by atoms with Gasteiger partial charge in [-0.05, 0) is 18.2 Å². The number of carbonyl (C=O) groups is 1. The van der Waals surface area contributed by atoms with Crippen molar-refractivity contribution in [1.29, 1.82) is 0 Å². The largest absolute Gasteiger partial charge is 0.461 e. The number of fused-ring (bicyclic) bond motifs is 1. The number of aromatic nitrogens is 4. The van der Waals surface area contributed by atoms with Crippen LogP contribution in [0.3, 0.4) is 0 Å². The summed E-state index contributed by atoms with van der Waals surface area (Å²) in [4.78, 5) is 27.3. The molecule has 0 aliphatic rings. The monoisotopic (exact) mass is 378 g/mol. The summed E-state index contributed by atoms with van der Waals surface area (Å²) >= 11 is 6.36. The van der Waals surface area contributed by atoms with Crippen LogP contribution in [0.15, 0.2) is 54.9 Å². The smallest absolute Gasteiger partial charge is 0.302 e. The molecule has 0 saturated heterocycles. The Bertz CT molecular complexity index is 1090. The van der Waals surface area contributed by atoms with E-state index in [2.05, 4.69) is 19.9 Å². The summed E-state index contributed by atoms with van der Waals surface area (Å²) in [5.41, 5.74) is 4.82. The van der Waals surface area contributed by atoms with Crippen molar-refractivity contribution in [1.82, 2.24) is 19.9 Å². The number of aromatic amines is 1. The number of rotatable bonds is 4. The number of hydrogen-bond acceptors (Lipinski definition) is 5. The van der Waals surface area contributed by atoms with Crippen LogP contribution in [0.5, 0.6) is 0 Å². The zero-order valence-corrected chi connectivity index (χ0v) is 15.2. The molecule has 4 aromatic rings. The van der Waals surface area contributed by atoms with Crippen molar-refractivity contribution >= 4 is 28.7 Å². The van der Waals surface area contributed by atoms with Gasteiger partial charge in [0.25, 0.3) is 0 Å². The summed E-state index contributed by atoms with van der Waals surface area (Å²) in [6, 6.07) is 13.4. The third kappa shape index (κ3) is 3.66. The van der Waals surface area contributed by atoms with Crippen LogP contribution in [0.4, 0.5) is 0 Å². The summed E-state index contributed by atoms with van der Waals surface area (Å²) in [5, 5.41) is 0.500. The molecule has 0 aliphatic heterocycles. The maximum Gasteiger partial charge on any atom is 0.302 e. The van der Waals surface area contributed by atoms with Crippen molar-refractivity contribution in [2.75, 3.05) is 0 Å². The van der Waals surface area contributed by atoms with E-state index in [9.17, 15) is 4.79 Å². The van der Waals surface area contributed by atoms with Crippen LogP contribution in [0.1, 0.15) is 12.5 Å². The molecule has 0 saturated carbocycles. The first-order valence-electron chi connectivity index (χ1n) is 8.29. The average Bonchev–Trinajstić information content (AvgIpc) is 3.11. The van der Waals surface area contributed by atoms with Gasteiger partial charge in [0.15, 0.2) is 5.65 Å². The standard InChI is InChI=1S/C20H15ClN4O2/c1-12(26)27-11-13-9-16(21)18(23-10-13)14-4-6-15(7-5-14)19-24-17-3-2-8-22-20(17)25-19/h2-10H,11H2,1H3,(H,22,24,25). The highest BCUT2D eigenvalue weighted by atomic mass is 35.5. The number of H-pyrrole nitrogens is 1. The third-order valence-corrected chi connectivity index (χ3v) is 4.32. The number of esters is 1. The van der Waals surface area contributed by atoms with E-state index >= 15 is 0 Å². The third-order valence-electron chi connectivity index (χ3n) is 4.03. The molecule has 1 N–H and O–H groups in total. The van der Waals surface area contributed by atoms with Gasteiger partial charge in [0.1, 0.15) is 12.4 Å². The van der Waals surface area contributed by atoms with Crippen LogP contribution >= 0.6 is 11.6 Å². The van der Waals surface area contributed by atoms with Crippen molar-refractivity contribution in [3.8, 4) is 22.6 Å². The van der Waals surface area contributed by atoms with Gasteiger partial charge in [0.2, 0.25) is 0 Å². The first kappa shape index (κ1) is 17.2. The Morgan fingerprint density at radius 3 is 2.63 bits per heavy atom. The van der Waals surface area contributed by atoms with E-state index in [0.29, 0.717) is 16.4 Å². The summed E-state index contributed by atoms with van der Waals surface area (Å²) in [6.45, 7) is 1.52. The molecule has 4 rings (SSSR count). The van der Waals surface area contributed by atoms with Gasteiger partial charge >= 0.3 is 5.97 Å². The second-order valence-electron chi connectivity index (χ2n) is 5.99. The van der Waals surface area contributed by atoms with Crippen LogP contribution in [-0.4, -0.2) is 25.9 Å². The topological polar surface area (TPSA) is 80.8 Å². The number of pyridine rings is 2. The minimum absolute atomic E-state index is 0.154. The fraction of sp³-hybridized carbons (Fsp3) is 0.100. The molecule has 1 aromatic carbocycles. The molecule has 3 heterocycles. The summed E-state index contributed by atoms with van der Waals surface area (Å²) in [7, 11) is 0. The van der Waals surface area contributed by atoms with E-state index in [1.165, 1.54) is 6.92 Å². The van der Waals surface area contributed by atoms with Crippen LogP contribution in [-0.2, 0) is 16.1 Å². The van der Waals surface area contributed by atoms with Gasteiger partial charge in [0, 0.05) is 36.0 Å². The minimum Gasteiger partial charge on any atom is -0.461 e. The zero-order chi connectivity index (χ0) is 18.8. The first-order chi connectivity index (χ1) is 13.1. The Kier molecular flexibility index (Phi) is 4.56. The number of ether oxygens (including phenoxy) is 1. The Hall–Kier alpha value is -3.25. The number of carbonyl (C=O) groups excluding carboxylic acids is 1. The molecule has 0 amide bonds. The summed E-state index contributed by atoms with van der Waals surface area (Å²) in [6.07, 6.45) is 3.37. The highest BCUT2D eigenvalue weighted by Crippen LogP contribution is 2.28. The molecule has 3 aromatic heterocycles. The van der Waals surface area contributed by atoms with E-state index in [4.69, 9.17) is 16.3 Å². The number of imidazole rings is 1. The molecule has 6 nitrogen and oxygen atoms in total. The van der Waals surface area contributed by atoms with Crippen LogP contribution in [0.25, 0.3) is 33.8 Å². The van der Waals surface area contributed by atoms with Crippen molar-refractivity contribution in [2.24, 2.45) is 0 Å². The summed E-state index contributed by atoms with van der Waals surface area (Å²) < 4.78 is 4.97. The molecule has 0 spiro atoms. The Morgan fingerprint density at radius 1 is 1.15 bits per heavy atom. The van der Waals surface area contributed by atoms with Gasteiger partial charge in [0.05, 0.1) is 16.2 Å². The van der Waals surface area contributed by atoms with Crippen LogP contribution in [0, 0.1) is 0 Å². The fourth-order valence-corrected chi connectivity index (χ4v) is 3.02. The van der Waals surface area contributed by atoms with Gasteiger partial charge in [-0.15, -0.1) is 0 Å². The molecule has 0 bridgehead atoms. The van der Waals surface area contributed by atoms with Gasteiger partial charge in [-0.2, -0.15) is 0 Å². The lowest BCUT2D eigenvalue weighted by atomic mass is 10.1. The minimum atomic E-state index is -0.341. The van der Waals surface area contributed by atoms with Crippen LogP contribution in [0.2, 0.25) is 5.02 Å². The average molecular weight is 379 g/mol. The Morgan fingerprint density at radius 2 is 1.93 bits per heavy atom. The SMILES string of the molecule is CC(=O)OCc1cnc(-c2ccc(-c3nc4ncccc4[nH]3)cc2)c(Cl)c1. The molecule has 0 fully saturated rings. The molecular formula is C20H15ClN4O2. The maximum absolute atomic E-state index is 10.9. The van der Waals surface area contributed by atoms with E-state index in [1.54, 1.807) is 18.5 Å². The van der Waals surface area contributed by atoms with Gasteiger partial charge < -0.3 is 9.72 Å². The molecule has 0 radical (unpaired) electrons. The lowest BCUT2D eigenvalue weighted by molar-refractivity contribution is -0.142. The number of halogens is 1.